The highest BCUT2D eigenvalue weighted by molar-refractivity contribution is 9.10. The molecule has 0 spiro atoms. The highest BCUT2D eigenvalue weighted by atomic mass is 79.9. The van der Waals surface area contributed by atoms with E-state index in [1.165, 1.54) is 11.3 Å². The highest BCUT2D eigenvalue weighted by Gasteiger charge is 2.11. The van der Waals surface area contributed by atoms with Crippen LogP contribution in [0.25, 0.3) is 10.6 Å². The Morgan fingerprint density at radius 1 is 1.40 bits per heavy atom. The van der Waals surface area contributed by atoms with Gasteiger partial charge in [-0.15, -0.1) is 11.3 Å². The van der Waals surface area contributed by atoms with E-state index in [1.807, 2.05) is 24.3 Å². The van der Waals surface area contributed by atoms with Gasteiger partial charge in [-0.3, -0.25) is 0 Å². The first kappa shape index (κ1) is 11.1. The van der Waals surface area contributed by atoms with Crippen LogP contribution in [-0.2, 0) is 6.61 Å². The van der Waals surface area contributed by atoms with Gasteiger partial charge in [0.2, 0.25) is 0 Å². The van der Waals surface area contributed by atoms with Crippen LogP contribution in [0.5, 0.6) is 0 Å². The second kappa shape index (κ2) is 4.61. The van der Waals surface area contributed by atoms with Gasteiger partial charge in [0.1, 0.15) is 10.2 Å². The molecule has 0 atom stereocenters. The average Bonchev–Trinajstić information content (AvgIpc) is 2.60. The Morgan fingerprint density at radius 2 is 2.13 bits per heavy atom. The van der Waals surface area contributed by atoms with E-state index in [2.05, 4.69) is 20.9 Å². The summed E-state index contributed by atoms with van der Waals surface area (Å²) in [5.41, 5.74) is 0.990. The van der Waals surface area contributed by atoms with Crippen LogP contribution in [-0.4, -0.2) is 10.1 Å². The number of halogens is 2. The van der Waals surface area contributed by atoms with Gasteiger partial charge in [-0.05, 0) is 6.07 Å². The number of hydrogen-bond acceptors (Lipinski definition) is 3. The molecule has 0 bridgehead atoms. The fourth-order valence-electron chi connectivity index (χ4n) is 1.18. The Kier molecular flexibility index (Phi) is 3.41. The van der Waals surface area contributed by atoms with Crippen LogP contribution in [0.3, 0.4) is 0 Å². The first-order valence-electron chi connectivity index (χ1n) is 4.23. The van der Waals surface area contributed by atoms with Crippen molar-refractivity contribution in [3.05, 3.63) is 38.8 Å². The third kappa shape index (κ3) is 2.23. The number of rotatable bonds is 2. The minimum atomic E-state index is -0.0685. The van der Waals surface area contributed by atoms with Crippen molar-refractivity contribution in [2.75, 3.05) is 0 Å². The van der Waals surface area contributed by atoms with E-state index in [0.29, 0.717) is 10.0 Å². The molecule has 0 fully saturated rings. The summed E-state index contributed by atoms with van der Waals surface area (Å²) < 4.78 is 0.972. The molecular formula is C10H7BrClNOS. The van der Waals surface area contributed by atoms with Gasteiger partial charge in [0, 0.05) is 10.0 Å². The van der Waals surface area contributed by atoms with E-state index in [9.17, 15) is 0 Å². The molecule has 1 N–H and O–H groups in total. The lowest BCUT2D eigenvalue weighted by Crippen LogP contribution is -1.77. The first-order valence-corrected chi connectivity index (χ1v) is 6.22. The Bertz CT molecular complexity index is 486. The zero-order chi connectivity index (χ0) is 10.8. The summed E-state index contributed by atoms with van der Waals surface area (Å²) in [5, 5.41) is 10.2. The van der Waals surface area contributed by atoms with Crippen molar-refractivity contribution in [1.29, 1.82) is 0 Å². The number of aliphatic hydroxyl groups is 1. The molecule has 1 aromatic heterocycles. The largest absolute Gasteiger partial charge is 0.391 e. The summed E-state index contributed by atoms with van der Waals surface area (Å²) in [6.07, 6.45) is 0. The van der Waals surface area contributed by atoms with Crippen molar-refractivity contribution in [2.24, 2.45) is 0 Å². The zero-order valence-electron chi connectivity index (χ0n) is 7.58. The maximum absolute atomic E-state index is 9.02. The Hall–Kier alpha value is -0.420. The Morgan fingerprint density at radius 3 is 2.73 bits per heavy atom. The molecule has 0 unspecified atom stereocenters. The van der Waals surface area contributed by atoms with Gasteiger partial charge in [0.25, 0.3) is 0 Å². The first-order chi connectivity index (χ1) is 7.22. The van der Waals surface area contributed by atoms with Crippen LogP contribution in [0.2, 0.25) is 5.15 Å². The normalized spacial score (nSPS) is 10.6. The number of nitrogens with zero attached hydrogens (tertiary/aromatic N) is 1. The standard InChI is InChI=1S/C10H7BrClNOS/c11-7-4-2-1-3-6(7)10-13-9(12)8(5-14)15-10/h1-4,14H,5H2. The summed E-state index contributed by atoms with van der Waals surface area (Å²) in [6.45, 7) is -0.0685. The number of benzene rings is 1. The molecule has 78 valence electrons. The summed E-state index contributed by atoms with van der Waals surface area (Å²) in [7, 11) is 0. The van der Waals surface area contributed by atoms with Crippen molar-refractivity contribution < 1.29 is 5.11 Å². The maximum atomic E-state index is 9.02. The fourth-order valence-corrected chi connectivity index (χ4v) is 2.95. The van der Waals surface area contributed by atoms with E-state index in [4.69, 9.17) is 16.7 Å². The van der Waals surface area contributed by atoms with E-state index in [0.717, 1.165) is 15.0 Å². The molecular weight excluding hydrogens is 298 g/mol. The number of aliphatic hydroxyl groups excluding tert-OH is 1. The van der Waals surface area contributed by atoms with Crippen LogP contribution < -0.4 is 0 Å². The zero-order valence-corrected chi connectivity index (χ0v) is 10.7. The SMILES string of the molecule is OCc1sc(-c2ccccc2Br)nc1Cl. The van der Waals surface area contributed by atoms with Crippen molar-refractivity contribution >= 4 is 38.9 Å². The number of thiazole rings is 1. The molecule has 0 radical (unpaired) electrons. The van der Waals surface area contributed by atoms with Crippen LogP contribution in [0.15, 0.2) is 28.7 Å². The predicted molar refractivity (Wildman–Crippen MR) is 66.2 cm³/mol. The van der Waals surface area contributed by atoms with Gasteiger partial charge in [0.15, 0.2) is 0 Å². The minimum Gasteiger partial charge on any atom is -0.391 e. The lowest BCUT2D eigenvalue weighted by Gasteiger charge is -1.98. The predicted octanol–water partition coefficient (Wildman–Crippen LogP) is 3.72. The quantitative estimate of drug-likeness (QED) is 0.917. The van der Waals surface area contributed by atoms with Gasteiger partial charge >= 0.3 is 0 Å². The molecule has 2 nitrogen and oxygen atoms in total. The molecule has 0 aliphatic heterocycles. The Labute approximate surface area is 105 Å². The topological polar surface area (TPSA) is 33.1 Å². The van der Waals surface area contributed by atoms with Gasteiger partial charge in [-0.1, -0.05) is 45.7 Å². The van der Waals surface area contributed by atoms with Crippen molar-refractivity contribution in [1.82, 2.24) is 4.98 Å². The molecule has 0 amide bonds. The molecule has 0 aliphatic carbocycles. The molecule has 15 heavy (non-hydrogen) atoms. The van der Waals surface area contributed by atoms with Gasteiger partial charge in [0.05, 0.1) is 11.5 Å². The minimum absolute atomic E-state index is 0.0685. The fraction of sp³-hybridized carbons (Fsp3) is 0.100. The molecule has 2 aromatic rings. The maximum Gasteiger partial charge on any atom is 0.146 e. The molecule has 1 heterocycles. The van der Waals surface area contributed by atoms with Crippen molar-refractivity contribution in [3.8, 4) is 10.6 Å². The van der Waals surface area contributed by atoms with E-state index < -0.39 is 0 Å². The average molecular weight is 305 g/mol. The summed E-state index contributed by atoms with van der Waals surface area (Å²) in [4.78, 5) is 4.90. The van der Waals surface area contributed by atoms with Crippen LogP contribution >= 0.6 is 38.9 Å². The second-order valence-electron chi connectivity index (χ2n) is 2.87. The number of hydrogen-bond donors (Lipinski definition) is 1. The molecule has 0 aliphatic rings. The van der Waals surface area contributed by atoms with E-state index in [1.54, 1.807) is 0 Å². The lowest BCUT2D eigenvalue weighted by atomic mass is 10.2. The van der Waals surface area contributed by atoms with Gasteiger partial charge in [-0.25, -0.2) is 4.98 Å². The molecule has 5 heteroatoms. The third-order valence-corrected chi connectivity index (χ3v) is 4.09. The van der Waals surface area contributed by atoms with E-state index >= 15 is 0 Å². The molecule has 0 saturated heterocycles. The smallest absolute Gasteiger partial charge is 0.146 e. The van der Waals surface area contributed by atoms with E-state index in [-0.39, 0.29) is 6.61 Å². The summed E-state index contributed by atoms with van der Waals surface area (Å²) >= 11 is 10.7. The molecule has 0 saturated carbocycles. The summed E-state index contributed by atoms with van der Waals surface area (Å²) in [5.74, 6) is 0. The number of aromatic nitrogens is 1. The molecule has 1 aromatic carbocycles. The monoisotopic (exact) mass is 303 g/mol. The lowest BCUT2D eigenvalue weighted by molar-refractivity contribution is 0.285. The third-order valence-electron chi connectivity index (χ3n) is 1.90. The highest BCUT2D eigenvalue weighted by Crippen LogP contribution is 2.34. The van der Waals surface area contributed by atoms with Crippen LogP contribution in [0.1, 0.15) is 4.88 Å². The van der Waals surface area contributed by atoms with Gasteiger partial charge in [-0.2, -0.15) is 0 Å². The van der Waals surface area contributed by atoms with Crippen molar-refractivity contribution in [2.45, 2.75) is 6.61 Å². The van der Waals surface area contributed by atoms with Crippen LogP contribution in [0, 0.1) is 0 Å². The molecule has 2 rings (SSSR count). The van der Waals surface area contributed by atoms with Gasteiger partial charge < -0.3 is 5.11 Å². The second-order valence-corrected chi connectivity index (χ2v) is 5.17. The van der Waals surface area contributed by atoms with Crippen molar-refractivity contribution in [3.63, 3.8) is 0 Å². The van der Waals surface area contributed by atoms with Crippen LogP contribution in [0.4, 0.5) is 0 Å². The summed E-state index contributed by atoms with van der Waals surface area (Å²) in [6, 6.07) is 7.79. The Balaban J connectivity index is 2.50.